The van der Waals surface area contributed by atoms with Gasteiger partial charge in [0.1, 0.15) is 5.75 Å². The van der Waals surface area contributed by atoms with Gasteiger partial charge >= 0.3 is 0 Å². The minimum absolute atomic E-state index is 0.102. The SMILES string of the molecule is CCCC(=O)NC1=NC(=O)C(Cc2ccc(OCCc3ccc(CC)cn3)cc2)S1. The van der Waals surface area contributed by atoms with E-state index in [0.717, 1.165) is 36.3 Å². The summed E-state index contributed by atoms with van der Waals surface area (Å²) in [5, 5.41) is 2.81. The number of benzene rings is 1. The van der Waals surface area contributed by atoms with Gasteiger partial charge in [-0.25, -0.2) is 0 Å². The quantitative estimate of drug-likeness (QED) is 0.662. The van der Waals surface area contributed by atoms with E-state index in [0.29, 0.717) is 24.6 Å². The molecule has 0 saturated carbocycles. The van der Waals surface area contributed by atoms with Crippen molar-refractivity contribution in [2.24, 2.45) is 4.99 Å². The van der Waals surface area contributed by atoms with Gasteiger partial charge in [0.05, 0.1) is 11.9 Å². The van der Waals surface area contributed by atoms with Crippen LogP contribution in [0.3, 0.4) is 0 Å². The molecule has 1 atom stereocenters. The summed E-state index contributed by atoms with van der Waals surface area (Å²) in [6, 6.07) is 11.9. The van der Waals surface area contributed by atoms with Gasteiger partial charge in [-0.2, -0.15) is 4.99 Å². The van der Waals surface area contributed by atoms with E-state index in [4.69, 9.17) is 4.74 Å². The van der Waals surface area contributed by atoms with Gasteiger partial charge in [0.15, 0.2) is 5.17 Å². The summed E-state index contributed by atoms with van der Waals surface area (Å²) in [5.74, 6) is 0.488. The lowest BCUT2D eigenvalue weighted by molar-refractivity contribution is -0.119. The maximum atomic E-state index is 12.1. The second kappa shape index (κ2) is 10.9. The summed E-state index contributed by atoms with van der Waals surface area (Å²) in [6.45, 7) is 4.61. The molecule has 1 N–H and O–H groups in total. The minimum atomic E-state index is -0.300. The molecule has 6 nitrogen and oxygen atoms in total. The maximum Gasteiger partial charge on any atom is 0.262 e. The molecule has 0 spiro atoms. The minimum Gasteiger partial charge on any atom is -0.493 e. The van der Waals surface area contributed by atoms with Crippen molar-refractivity contribution in [3.8, 4) is 5.75 Å². The highest BCUT2D eigenvalue weighted by Crippen LogP contribution is 2.25. The number of aryl methyl sites for hydroxylation is 1. The summed E-state index contributed by atoms with van der Waals surface area (Å²) in [5.41, 5.74) is 3.28. The molecule has 1 aliphatic heterocycles. The van der Waals surface area contributed by atoms with Crippen molar-refractivity contribution in [2.45, 2.75) is 51.2 Å². The Morgan fingerprint density at radius 3 is 2.57 bits per heavy atom. The number of nitrogens with zero attached hydrogens (tertiary/aromatic N) is 2. The second-order valence-corrected chi connectivity index (χ2v) is 8.31. The zero-order chi connectivity index (χ0) is 21.3. The van der Waals surface area contributed by atoms with E-state index in [2.05, 4.69) is 28.3 Å². The first-order valence-corrected chi connectivity index (χ1v) is 11.2. The monoisotopic (exact) mass is 425 g/mol. The molecular formula is C23H27N3O3S. The predicted octanol–water partition coefficient (Wildman–Crippen LogP) is 3.72. The fourth-order valence-corrected chi connectivity index (χ4v) is 4.01. The van der Waals surface area contributed by atoms with Crippen molar-refractivity contribution in [3.63, 3.8) is 0 Å². The van der Waals surface area contributed by atoms with Crippen LogP contribution in [0.2, 0.25) is 0 Å². The molecule has 3 rings (SSSR count). The number of amides is 2. The normalized spacial score (nSPS) is 15.7. The van der Waals surface area contributed by atoms with Crippen LogP contribution in [-0.2, 0) is 28.9 Å². The summed E-state index contributed by atoms with van der Waals surface area (Å²) in [6.07, 6.45) is 5.41. The first kappa shape index (κ1) is 22.0. The van der Waals surface area contributed by atoms with Crippen LogP contribution in [0.1, 0.15) is 43.5 Å². The van der Waals surface area contributed by atoms with Gasteiger partial charge in [-0.3, -0.25) is 14.6 Å². The Morgan fingerprint density at radius 1 is 1.13 bits per heavy atom. The number of hydrogen-bond acceptors (Lipinski definition) is 5. The zero-order valence-electron chi connectivity index (χ0n) is 17.4. The van der Waals surface area contributed by atoms with Crippen LogP contribution in [0.4, 0.5) is 0 Å². The van der Waals surface area contributed by atoms with Crippen LogP contribution >= 0.6 is 11.8 Å². The molecular weight excluding hydrogens is 398 g/mol. The number of rotatable bonds is 9. The lowest BCUT2D eigenvalue weighted by Crippen LogP contribution is -2.27. The van der Waals surface area contributed by atoms with Gasteiger partial charge in [0.2, 0.25) is 5.91 Å². The molecule has 0 saturated heterocycles. The molecule has 0 aliphatic carbocycles. The van der Waals surface area contributed by atoms with E-state index in [1.54, 1.807) is 0 Å². The molecule has 158 valence electrons. The average molecular weight is 426 g/mol. The van der Waals surface area contributed by atoms with Crippen LogP contribution in [-0.4, -0.2) is 33.8 Å². The number of nitrogens with one attached hydrogen (secondary N) is 1. The third-order valence-corrected chi connectivity index (χ3v) is 5.80. The predicted molar refractivity (Wildman–Crippen MR) is 120 cm³/mol. The number of carbonyl (C=O) groups is 2. The smallest absolute Gasteiger partial charge is 0.262 e. The number of thioether (sulfide) groups is 1. The molecule has 2 aromatic rings. The average Bonchev–Trinajstić information content (AvgIpc) is 3.08. The maximum absolute atomic E-state index is 12.1. The van der Waals surface area contributed by atoms with Crippen LogP contribution in [0.5, 0.6) is 5.75 Å². The lowest BCUT2D eigenvalue weighted by atomic mass is 10.1. The molecule has 2 amide bonds. The third-order valence-electron chi connectivity index (χ3n) is 4.73. The number of pyridine rings is 1. The molecule has 30 heavy (non-hydrogen) atoms. The lowest BCUT2D eigenvalue weighted by Gasteiger charge is -2.10. The molecule has 1 aromatic carbocycles. The molecule has 1 aliphatic rings. The highest BCUT2D eigenvalue weighted by Gasteiger charge is 2.29. The summed E-state index contributed by atoms with van der Waals surface area (Å²) in [7, 11) is 0. The standard InChI is InChI=1S/C23H27N3O3S/c1-3-5-21(27)25-23-26-22(28)20(30-23)14-17-7-10-19(11-8-17)29-13-12-18-9-6-16(4-2)15-24-18/h6-11,15,20H,3-5,12-14H2,1-2H3,(H,25,26,27,28). The van der Waals surface area contributed by atoms with Crippen molar-refractivity contribution in [1.29, 1.82) is 0 Å². The number of ether oxygens (including phenoxy) is 1. The highest BCUT2D eigenvalue weighted by atomic mass is 32.2. The van der Waals surface area contributed by atoms with Crippen LogP contribution in [0.15, 0.2) is 47.6 Å². The third kappa shape index (κ3) is 6.42. The topological polar surface area (TPSA) is 80.7 Å². The van der Waals surface area contributed by atoms with Gasteiger partial charge in [-0.15, -0.1) is 0 Å². The van der Waals surface area contributed by atoms with E-state index in [-0.39, 0.29) is 17.1 Å². The summed E-state index contributed by atoms with van der Waals surface area (Å²) in [4.78, 5) is 32.2. The van der Waals surface area contributed by atoms with Crippen molar-refractivity contribution < 1.29 is 14.3 Å². The van der Waals surface area contributed by atoms with Gasteiger partial charge < -0.3 is 10.1 Å². The van der Waals surface area contributed by atoms with Crippen molar-refractivity contribution in [3.05, 3.63) is 59.4 Å². The van der Waals surface area contributed by atoms with E-state index in [1.807, 2.05) is 43.5 Å². The highest BCUT2D eigenvalue weighted by molar-refractivity contribution is 8.15. The van der Waals surface area contributed by atoms with E-state index < -0.39 is 0 Å². The zero-order valence-corrected chi connectivity index (χ0v) is 18.2. The molecule has 0 radical (unpaired) electrons. The van der Waals surface area contributed by atoms with Crippen molar-refractivity contribution in [1.82, 2.24) is 10.3 Å². The Bertz CT molecular complexity index is 895. The largest absolute Gasteiger partial charge is 0.493 e. The van der Waals surface area contributed by atoms with Crippen LogP contribution < -0.4 is 10.1 Å². The van der Waals surface area contributed by atoms with Crippen LogP contribution in [0.25, 0.3) is 0 Å². The Balaban J connectivity index is 1.44. The van der Waals surface area contributed by atoms with Gasteiger partial charge in [-0.05, 0) is 48.6 Å². The number of aliphatic imine (C=N–C) groups is 1. The Morgan fingerprint density at radius 2 is 1.90 bits per heavy atom. The second-order valence-electron chi connectivity index (χ2n) is 7.12. The van der Waals surface area contributed by atoms with E-state index >= 15 is 0 Å². The Labute approximate surface area is 181 Å². The molecule has 7 heteroatoms. The number of carbonyl (C=O) groups excluding carboxylic acids is 2. The van der Waals surface area contributed by atoms with Gasteiger partial charge in [0.25, 0.3) is 5.91 Å². The summed E-state index contributed by atoms with van der Waals surface area (Å²) >= 11 is 1.32. The van der Waals surface area contributed by atoms with Crippen molar-refractivity contribution >= 4 is 28.7 Å². The fraction of sp³-hybridized carbons (Fsp3) is 0.391. The molecule has 0 bridgehead atoms. The first-order chi connectivity index (χ1) is 14.6. The van der Waals surface area contributed by atoms with E-state index in [1.165, 1.54) is 17.3 Å². The number of aromatic nitrogens is 1. The van der Waals surface area contributed by atoms with Crippen LogP contribution in [0, 0.1) is 0 Å². The summed E-state index contributed by atoms with van der Waals surface area (Å²) < 4.78 is 5.81. The first-order valence-electron chi connectivity index (χ1n) is 10.3. The van der Waals surface area contributed by atoms with E-state index in [9.17, 15) is 9.59 Å². The molecule has 0 fully saturated rings. The Hall–Kier alpha value is -2.67. The molecule has 2 heterocycles. The van der Waals surface area contributed by atoms with Gasteiger partial charge in [-0.1, -0.05) is 43.8 Å². The van der Waals surface area contributed by atoms with Crippen molar-refractivity contribution in [2.75, 3.05) is 6.61 Å². The number of hydrogen-bond donors (Lipinski definition) is 1. The Kier molecular flexibility index (Phi) is 8.02. The van der Waals surface area contributed by atoms with Gasteiger partial charge in [0, 0.05) is 24.7 Å². The fourth-order valence-electron chi connectivity index (χ4n) is 3.00. The molecule has 1 unspecified atom stereocenters. The molecule has 1 aromatic heterocycles. The number of amidine groups is 1.